The second-order valence-corrected chi connectivity index (χ2v) is 8.63. The first-order valence-corrected chi connectivity index (χ1v) is 11.9. The van der Waals surface area contributed by atoms with Crippen LogP contribution in [-0.4, -0.2) is 43.7 Å². The van der Waals surface area contributed by atoms with Gasteiger partial charge in [-0.05, 0) is 52.2 Å². The number of carbonyl (C=O) groups is 2. The Bertz CT molecular complexity index is 1500. The zero-order chi connectivity index (χ0) is 25.8. The number of para-hydroxylation sites is 1. The predicted octanol–water partition coefficient (Wildman–Crippen LogP) is 5.43. The Morgan fingerprint density at radius 1 is 0.892 bits per heavy atom. The SMILES string of the molecule is COc1ccc(C2CC(c3ccc4ccccc4c3)=NN2C(=O)COc2ccccc2C=O)cc1OC. The van der Waals surface area contributed by atoms with Crippen molar-refractivity contribution in [3.05, 3.63) is 102 Å². The smallest absolute Gasteiger partial charge is 0.281 e. The van der Waals surface area contributed by atoms with E-state index in [-0.39, 0.29) is 18.6 Å². The molecule has 1 aliphatic heterocycles. The summed E-state index contributed by atoms with van der Waals surface area (Å²) in [5, 5.41) is 8.46. The number of nitrogens with zero attached hydrogens (tertiary/aromatic N) is 2. The summed E-state index contributed by atoms with van der Waals surface area (Å²) in [7, 11) is 3.16. The van der Waals surface area contributed by atoms with Crippen LogP contribution in [-0.2, 0) is 4.79 Å². The van der Waals surface area contributed by atoms with Crippen LogP contribution in [0.15, 0.2) is 90.0 Å². The zero-order valence-corrected chi connectivity index (χ0v) is 20.6. The van der Waals surface area contributed by atoms with Crippen molar-refractivity contribution >= 4 is 28.7 Å². The van der Waals surface area contributed by atoms with E-state index in [0.717, 1.165) is 27.6 Å². The fraction of sp³-hybridized carbons (Fsp3) is 0.167. The molecule has 0 spiro atoms. The van der Waals surface area contributed by atoms with Gasteiger partial charge in [-0.25, -0.2) is 5.01 Å². The summed E-state index contributed by atoms with van der Waals surface area (Å²) in [6.07, 6.45) is 1.22. The van der Waals surface area contributed by atoms with Crippen LogP contribution in [0.1, 0.15) is 33.9 Å². The lowest BCUT2D eigenvalue weighted by Gasteiger charge is -2.23. The van der Waals surface area contributed by atoms with E-state index in [9.17, 15) is 9.59 Å². The number of fused-ring (bicyclic) bond motifs is 1. The van der Waals surface area contributed by atoms with E-state index in [0.29, 0.717) is 35.5 Å². The first-order chi connectivity index (χ1) is 18.1. The van der Waals surface area contributed by atoms with Crippen LogP contribution in [0.5, 0.6) is 17.2 Å². The van der Waals surface area contributed by atoms with E-state index in [1.807, 2.05) is 36.4 Å². The van der Waals surface area contributed by atoms with E-state index in [1.165, 1.54) is 5.01 Å². The van der Waals surface area contributed by atoms with Gasteiger partial charge in [-0.2, -0.15) is 5.10 Å². The predicted molar refractivity (Wildman–Crippen MR) is 142 cm³/mol. The third-order valence-corrected chi connectivity index (χ3v) is 6.44. The highest BCUT2D eigenvalue weighted by molar-refractivity contribution is 6.05. The summed E-state index contributed by atoms with van der Waals surface area (Å²) in [6.45, 7) is -0.261. The average Bonchev–Trinajstić information content (AvgIpc) is 3.41. The number of rotatable bonds is 8. The van der Waals surface area contributed by atoms with Crippen LogP contribution >= 0.6 is 0 Å². The summed E-state index contributed by atoms with van der Waals surface area (Å²) in [6, 6.07) is 26.3. The molecule has 4 aromatic carbocycles. The average molecular weight is 495 g/mol. The third kappa shape index (κ3) is 4.89. The summed E-state index contributed by atoms with van der Waals surface area (Å²) >= 11 is 0. The van der Waals surface area contributed by atoms with Crippen molar-refractivity contribution in [1.29, 1.82) is 0 Å². The van der Waals surface area contributed by atoms with Gasteiger partial charge in [0, 0.05) is 6.42 Å². The van der Waals surface area contributed by atoms with Crippen molar-refractivity contribution in [3.63, 3.8) is 0 Å². The number of methoxy groups -OCH3 is 2. The van der Waals surface area contributed by atoms with E-state index in [1.54, 1.807) is 38.5 Å². The Morgan fingerprint density at radius 2 is 1.65 bits per heavy atom. The molecule has 37 heavy (non-hydrogen) atoms. The number of benzene rings is 4. The topological polar surface area (TPSA) is 77.4 Å². The number of hydrogen-bond donors (Lipinski definition) is 0. The van der Waals surface area contributed by atoms with Crippen molar-refractivity contribution in [2.45, 2.75) is 12.5 Å². The molecule has 0 saturated heterocycles. The maximum absolute atomic E-state index is 13.4. The third-order valence-electron chi connectivity index (χ3n) is 6.44. The maximum atomic E-state index is 13.4. The first-order valence-electron chi connectivity index (χ1n) is 11.9. The summed E-state index contributed by atoms with van der Waals surface area (Å²) in [4.78, 5) is 24.8. The zero-order valence-electron chi connectivity index (χ0n) is 20.6. The number of hydrazone groups is 1. The standard InChI is InChI=1S/C30H26N2O5/c1-35-28-14-13-23(16-29(28)36-2)26-17-25(22-12-11-20-7-3-4-8-21(20)15-22)31-32(26)30(34)19-37-27-10-6-5-9-24(27)18-33/h3-16,18,26H,17,19H2,1-2H3. The quantitative estimate of drug-likeness (QED) is 0.306. The minimum atomic E-state index is -0.362. The number of ether oxygens (including phenoxy) is 3. The Morgan fingerprint density at radius 3 is 2.43 bits per heavy atom. The molecule has 0 radical (unpaired) electrons. The highest BCUT2D eigenvalue weighted by Gasteiger charge is 2.34. The molecule has 1 amide bonds. The molecule has 4 aromatic rings. The van der Waals surface area contributed by atoms with Gasteiger partial charge >= 0.3 is 0 Å². The number of carbonyl (C=O) groups excluding carboxylic acids is 2. The van der Waals surface area contributed by atoms with E-state index in [2.05, 4.69) is 24.3 Å². The number of aldehydes is 1. The molecule has 1 atom stereocenters. The van der Waals surface area contributed by atoms with E-state index in [4.69, 9.17) is 19.3 Å². The summed E-state index contributed by atoms with van der Waals surface area (Å²) in [5.74, 6) is 1.21. The molecule has 0 fully saturated rings. The normalized spacial score (nSPS) is 14.8. The molecule has 1 aliphatic rings. The van der Waals surface area contributed by atoms with Gasteiger partial charge in [0.1, 0.15) is 5.75 Å². The monoisotopic (exact) mass is 494 g/mol. The minimum Gasteiger partial charge on any atom is -0.493 e. The molecule has 7 nitrogen and oxygen atoms in total. The molecular formula is C30H26N2O5. The molecule has 0 saturated carbocycles. The molecule has 0 bridgehead atoms. The Kier molecular flexibility index (Phi) is 6.85. The van der Waals surface area contributed by atoms with Crippen LogP contribution in [0.4, 0.5) is 0 Å². The summed E-state index contributed by atoms with van der Waals surface area (Å²) < 4.78 is 16.6. The van der Waals surface area contributed by atoms with Gasteiger partial charge in [0.15, 0.2) is 24.4 Å². The van der Waals surface area contributed by atoms with Crippen LogP contribution in [0, 0.1) is 0 Å². The van der Waals surface area contributed by atoms with E-state index >= 15 is 0 Å². The fourth-order valence-corrected chi connectivity index (χ4v) is 4.52. The van der Waals surface area contributed by atoms with Gasteiger partial charge in [-0.1, -0.05) is 54.6 Å². The molecule has 1 heterocycles. The molecule has 0 aliphatic carbocycles. The Labute approximate surface area is 214 Å². The van der Waals surface area contributed by atoms with Crippen LogP contribution in [0.25, 0.3) is 10.8 Å². The molecular weight excluding hydrogens is 468 g/mol. The lowest BCUT2D eigenvalue weighted by molar-refractivity contribution is -0.135. The number of amides is 1. The van der Waals surface area contributed by atoms with Gasteiger partial charge in [0.05, 0.1) is 31.5 Å². The molecule has 0 N–H and O–H groups in total. The van der Waals surface area contributed by atoms with Crippen LogP contribution in [0.3, 0.4) is 0 Å². The van der Waals surface area contributed by atoms with Gasteiger partial charge in [0.2, 0.25) is 0 Å². The minimum absolute atomic E-state index is 0.261. The van der Waals surface area contributed by atoms with Crippen LogP contribution < -0.4 is 14.2 Å². The van der Waals surface area contributed by atoms with Crippen LogP contribution in [0.2, 0.25) is 0 Å². The van der Waals surface area contributed by atoms with Gasteiger partial charge in [-0.15, -0.1) is 0 Å². The molecule has 0 aromatic heterocycles. The first kappa shape index (κ1) is 24.1. The Balaban J connectivity index is 1.48. The summed E-state index contributed by atoms with van der Waals surface area (Å²) in [5.41, 5.74) is 2.99. The molecule has 186 valence electrons. The molecule has 1 unspecified atom stereocenters. The molecule has 5 rings (SSSR count). The van der Waals surface area contributed by atoms with Gasteiger partial charge in [0.25, 0.3) is 5.91 Å². The molecule has 7 heteroatoms. The lowest BCUT2D eigenvalue weighted by atomic mass is 9.96. The second-order valence-electron chi connectivity index (χ2n) is 8.63. The lowest BCUT2D eigenvalue weighted by Crippen LogP contribution is -2.31. The van der Waals surface area contributed by atoms with E-state index < -0.39 is 0 Å². The van der Waals surface area contributed by atoms with Crippen molar-refractivity contribution < 1.29 is 23.8 Å². The number of hydrogen-bond acceptors (Lipinski definition) is 6. The highest BCUT2D eigenvalue weighted by atomic mass is 16.5. The van der Waals surface area contributed by atoms with Crippen molar-refractivity contribution in [2.24, 2.45) is 5.10 Å². The fourth-order valence-electron chi connectivity index (χ4n) is 4.52. The van der Waals surface area contributed by atoms with Crippen molar-refractivity contribution in [2.75, 3.05) is 20.8 Å². The Hall–Kier alpha value is -4.65. The van der Waals surface area contributed by atoms with Gasteiger partial charge < -0.3 is 14.2 Å². The highest BCUT2D eigenvalue weighted by Crippen LogP contribution is 2.37. The second kappa shape index (κ2) is 10.5. The maximum Gasteiger partial charge on any atom is 0.281 e. The van der Waals surface area contributed by atoms with Crippen molar-refractivity contribution in [1.82, 2.24) is 5.01 Å². The van der Waals surface area contributed by atoms with Crippen molar-refractivity contribution in [3.8, 4) is 17.2 Å². The largest absolute Gasteiger partial charge is 0.493 e. The van der Waals surface area contributed by atoms with Gasteiger partial charge in [-0.3, -0.25) is 9.59 Å².